The fourth-order valence-corrected chi connectivity index (χ4v) is 2.55. The van der Waals surface area contributed by atoms with E-state index in [4.69, 9.17) is 4.74 Å². The first-order valence-corrected chi connectivity index (χ1v) is 5.79. The molecule has 0 spiro atoms. The monoisotopic (exact) mass is 212 g/mol. The quantitative estimate of drug-likeness (QED) is 0.712. The second-order valence-electron chi connectivity index (χ2n) is 4.57. The number of amides is 1. The molecule has 3 atom stereocenters. The maximum Gasteiger partial charge on any atom is 0.227 e. The number of ether oxygens (including phenoxy) is 1. The van der Waals surface area contributed by atoms with Crippen LogP contribution in [0.1, 0.15) is 19.8 Å². The van der Waals surface area contributed by atoms with Gasteiger partial charge in [0.1, 0.15) is 0 Å². The first-order chi connectivity index (χ1) is 7.20. The van der Waals surface area contributed by atoms with Crippen LogP contribution < -0.4 is 5.32 Å². The molecule has 0 aromatic rings. The Labute approximate surface area is 91.0 Å². The molecule has 2 rings (SSSR count). The van der Waals surface area contributed by atoms with Crippen molar-refractivity contribution in [2.24, 2.45) is 5.92 Å². The molecule has 1 N–H and O–H groups in total. The van der Waals surface area contributed by atoms with Gasteiger partial charge in [0.15, 0.2) is 0 Å². The highest BCUT2D eigenvalue weighted by Crippen LogP contribution is 2.21. The van der Waals surface area contributed by atoms with Crippen LogP contribution in [0.15, 0.2) is 0 Å². The largest absolute Gasteiger partial charge is 0.376 e. The summed E-state index contributed by atoms with van der Waals surface area (Å²) >= 11 is 0. The normalized spacial score (nSPS) is 35.7. The lowest BCUT2D eigenvalue weighted by molar-refractivity contribution is -0.136. The van der Waals surface area contributed by atoms with E-state index in [1.807, 2.05) is 18.9 Å². The molecule has 2 fully saturated rings. The van der Waals surface area contributed by atoms with Gasteiger partial charge in [0.05, 0.1) is 18.1 Å². The Hall–Kier alpha value is -0.610. The summed E-state index contributed by atoms with van der Waals surface area (Å²) in [5, 5.41) is 3.23. The van der Waals surface area contributed by atoms with E-state index in [9.17, 15) is 4.79 Å². The molecule has 2 heterocycles. The van der Waals surface area contributed by atoms with Gasteiger partial charge in [0, 0.05) is 20.2 Å². The van der Waals surface area contributed by atoms with Gasteiger partial charge in [-0.15, -0.1) is 0 Å². The van der Waals surface area contributed by atoms with Crippen molar-refractivity contribution < 1.29 is 9.53 Å². The number of nitrogens with zero attached hydrogens (tertiary/aromatic N) is 1. The highest BCUT2D eigenvalue weighted by molar-refractivity contribution is 5.79. The van der Waals surface area contributed by atoms with Gasteiger partial charge in [-0.25, -0.2) is 0 Å². The number of nitrogens with one attached hydrogen (secondary N) is 1. The average Bonchev–Trinajstić information content (AvgIpc) is 2.85. The van der Waals surface area contributed by atoms with Gasteiger partial charge in [-0.1, -0.05) is 0 Å². The first kappa shape index (κ1) is 10.9. The molecule has 3 unspecified atom stereocenters. The number of carbonyl (C=O) groups is 1. The maximum absolute atomic E-state index is 12.1. The summed E-state index contributed by atoms with van der Waals surface area (Å²) in [7, 11) is 1.91. The molecule has 1 amide bonds. The Balaban J connectivity index is 1.94. The van der Waals surface area contributed by atoms with Gasteiger partial charge >= 0.3 is 0 Å². The van der Waals surface area contributed by atoms with Gasteiger partial charge in [-0.2, -0.15) is 0 Å². The van der Waals surface area contributed by atoms with E-state index in [-0.39, 0.29) is 24.0 Å². The summed E-state index contributed by atoms with van der Waals surface area (Å²) < 4.78 is 5.49. The van der Waals surface area contributed by atoms with Crippen molar-refractivity contribution >= 4 is 5.91 Å². The molecule has 0 saturated carbocycles. The number of hydrogen-bond acceptors (Lipinski definition) is 3. The summed E-state index contributed by atoms with van der Waals surface area (Å²) in [5.74, 6) is 0.463. The minimum absolute atomic E-state index is 0.183. The maximum atomic E-state index is 12.1. The van der Waals surface area contributed by atoms with Crippen LogP contribution in [0, 0.1) is 5.92 Å². The van der Waals surface area contributed by atoms with Gasteiger partial charge in [-0.3, -0.25) is 4.79 Å². The molecule has 2 aliphatic heterocycles. The summed E-state index contributed by atoms with van der Waals surface area (Å²) in [6.45, 7) is 4.65. The molecule has 0 aliphatic carbocycles. The van der Waals surface area contributed by atoms with Crippen LogP contribution in [0.3, 0.4) is 0 Å². The number of likely N-dealkylation sites (N-methyl/N-ethyl adjacent to an activating group) is 1. The highest BCUT2D eigenvalue weighted by atomic mass is 16.5. The third kappa shape index (κ3) is 2.16. The van der Waals surface area contributed by atoms with Gasteiger partial charge < -0.3 is 15.0 Å². The van der Waals surface area contributed by atoms with Gasteiger partial charge in [-0.05, 0) is 26.3 Å². The van der Waals surface area contributed by atoms with Crippen molar-refractivity contribution in [1.29, 1.82) is 0 Å². The molecule has 2 saturated heterocycles. The fraction of sp³-hybridized carbons (Fsp3) is 0.909. The summed E-state index contributed by atoms with van der Waals surface area (Å²) in [6.07, 6.45) is 2.14. The third-order valence-electron chi connectivity index (χ3n) is 3.59. The van der Waals surface area contributed by atoms with Crippen LogP contribution in [0.25, 0.3) is 0 Å². The molecule has 0 aromatic heterocycles. The molecular weight excluding hydrogens is 192 g/mol. The Bertz CT molecular complexity index is 239. The van der Waals surface area contributed by atoms with E-state index >= 15 is 0 Å². The Morgan fingerprint density at radius 3 is 2.80 bits per heavy atom. The molecule has 15 heavy (non-hydrogen) atoms. The molecule has 4 heteroatoms. The third-order valence-corrected chi connectivity index (χ3v) is 3.59. The zero-order chi connectivity index (χ0) is 10.8. The molecule has 0 bridgehead atoms. The lowest BCUT2D eigenvalue weighted by atomic mass is 10.0. The highest BCUT2D eigenvalue weighted by Gasteiger charge is 2.34. The van der Waals surface area contributed by atoms with E-state index in [1.54, 1.807) is 0 Å². The number of rotatable bonds is 2. The summed E-state index contributed by atoms with van der Waals surface area (Å²) in [6, 6.07) is 0.276. The molecule has 0 radical (unpaired) electrons. The SMILES string of the molecule is CC1OCCC1N(C)C(=O)C1CCNC1. The van der Waals surface area contributed by atoms with Crippen molar-refractivity contribution in [1.82, 2.24) is 10.2 Å². The van der Waals surface area contributed by atoms with Crippen molar-refractivity contribution in [2.75, 3.05) is 26.7 Å². The fourth-order valence-electron chi connectivity index (χ4n) is 2.55. The zero-order valence-corrected chi connectivity index (χ0v) is 9.53. The molecule has 2 aliphatic rings. The van der Waals surface area contributed by atoms with Crippen LogP contribution in [0.2, 0.25) is 0 Å². The van der Waals surface area contributed by atoms with Crippen LogP contribution in [0.4, 0.5) is 0 Å². The van der Waals surface area contributed by atoms with E-state index in [1.165, 1.54) is 0 Å². The standard InChI is InChI=1S/C11H20N2O2/c1-8-10(4-6-15-8)13(2)11(14)9-3-5-12-7-9/h8-10,12H,3-7H2,1-2H3. The zero-order valence-electron chi connectivity index (χ0n) is 9.53. The Morgan fingerprint density at radius 2 is 2.27 bits per heavy atom. The molecule has 86 valence electrons. The van der Waals surface area contributed by atoms with Crippen molar-refractivity contribution in [3.63, 3.8) is 0 Å². The Kier molecular flexibility index (Phi) is 3.26. The predicted molar refractivity (Wildman–Crippen MR) is 57.6 cm³/mol. The van der Waals surface area contributed by atoms with Gasteiger partial charge in [0.25, 0.3) is 0 Å². The van der Waals surface area contributed by atoms with Crippen LogP contribution in [-0.4, -0.2) is 49.7 Å². The van der Waals surface area contributed by atoms with Crippen molar-refractivity contribution in [3.8, 4) is 0 Å². The summed E-state index contributed by atoms with van der Waals surface area (Å²) in [5.41, 5.74) is 0. The van der Waals surface area contributed by atoms with Crippen molar-refractivity contribution in [2.45, 2.75) is 31.9 Å². The Morgan fingerprint density at radius 1 is 1.47 bits per heavy atom. The minimum Gasteiger partial charge on any atom is -0.376 e. The van der Waals surface area contributed by atoms with E-state index in [2.05, 4.69) is 5.32 Å². The smallest absolute Gasteiger partial charge is 0.227 e. The molecule has 4 nitrogen and oxygen atoms in total. The van der Waals surface area contributed by atoms with Crippen molar-refractivity contribution in [3.05, 3.63) is 0 Å². The topological polar surface area (TPSA) is 41.6 Å². The van der Waals surface area contributed by atoms with E-state index in [0.29, 0.717) is 0 Å². The lowest BCUT2D eigenvalue weighted by Crippen LogP contribution is -2.44. The van der Waals surface area contributed by atoms with Gasteiger partial charge in [0.2, 0.25) is 5.91 Å². The molecular formula is C11H20N2O2. The van der Waals surface area contributed by atoms with Crippen LogP contribution in [0.5, 0.6) is 0 Å². The van der Waals surface area contributed by atoms with E-state index < -0.39 is 0 Å². The lowest BCUT2D eigenvalue weighted by Gasteiger charge is -2.28. The van der Waals surface area contributed by atoms with Crippen LogP contribution >= 0.6 is 0 Å². The summed E-state index contributed by atoms with van der Waals surface area (Å²) in [4.78, 5) is 14.0. The average molecular weight is 212 g/mol. The van der Waals surface area contributed by atoms with E-state index in [0.717, 1.165) is 32.5 Å². The van der Waals surface area contributed by atoms with Crippen LogP contribution in [-0.2, 0) is 9.53 Å². The predicted octanol–water partition coefficient (Wildman–Crippen LogP) is 0.232. The molecule has 0 aromatic carbocycles. The second kappa shape index (κ2) is 4.49. The number of carbonyl (C=O) groups excluding carboxylic acids is 1. The second-order valence-corrected chi connectivity index (χ2v) is 4.57. The number of hydrogen-bond donors (Lipinski definition) is 1. The minimum atomic E-state index is 0.183. The first-order valence-electron chi connectivity index (χ1n) is 5.79.